The lowest BCUT2D eigenvalue weighted by Crippen LogP contribution is -2.24. The van der Waals surface area contributed by atoms with Crippen LogP contribution in [0.2, 0.25) is 0 Å². The van der Waals surface area contributed by atoms with Crippen molar-refractivity contribution in [3.05, 3.63) is 35.5 Å². The molecule has 2 aromatic rings. The third-order valence-electron chi connectivity index (χ3n) is 3.76. The third kappa shape index (κ3) is 1.44. The Kier molecular flexibility index (Phi) is 2.48. The Hall–Kier alpha value is -1.28. The number of fused-ring (bicyclic) bond motifs is 3. The number of rotatable bonds is 1. The van der Waals surface area contributed by atoms with E-state index in [0.717, 1.165) is 35.0 Å². The van der Waals surface area contributed by atoms with Crippen LogP contribution in [0, 0.1) is 5.92 Å². The van der Waals surface area contributed by atoms with Crippen LogP contribution in [0.5, 0.6) is 0 Å². The molecule has 0 amide bonds. The van der Waals surface area contributed by atoms with Crippen molar-refractivity contribution in [1.82, 2.24) is 4.57 Å². The van der Waals surface area contributed by atoms with Gasteiger partial charge >= 0.3 is 0 Å². The molecule has 88 valence electrons. The minimum Gasteiger partial charge on any atom is -0.347 e. The lowest BCUT2D eigenvalue weighted by molar-refractivity contribution is 0.0916. The highest BCUT2D eigenvalue weighted by Crippen LogP contribution is 2.33. The molecule has 0 saturated heterocycles. The third-order valence-corrected chi connectivity index (χ3v) is 4.13. The zero-order valence-electron chi connectivity index (χ0n) is 9.74. The van der Waals surface area contributed by atoms with Gasteiger partial charge < -0.3 is 4.57 Å². The first kappa shape index (κ1) is 10.8. The van der Waals surface area contributed by atoms with Gasteiger partial charge in [0.15, 0.2) is 5.78 Å². The standard InChI is InChI=1S/C14H14ClNO/c1-16-11-5-3-2-4-10(11)13-12(16)7-6-9(8-15)14(13)17/h2-5,9H,6-8H2,1H3. The maximum absolute atomic E-state index is 12.4. The molecule has 1 aromatic carbocycles. The van der Waals surface area contributed by atoms with Crippen molar-refractivity contribution in [3.8, 4) is 0 Å². The quantitative estimate of drug-likeness (QED) is 0.710. The van der Waals surface area contributed by atoms with Crippen LogP contribution in [0.4, 0.5) is 0 Å². The van der Waals surface area contributed by atoms with Gasteiger partial charge in [-0.25, -0.2) is 0 Å². The molecule has 0 bridgehead atoms. The number of alkyl halides is 1. The summed E-state index contributed by atoms with van der Waals surface area (Å²) in [5.74, 6) is 0.648. The Balaban J connectivity index is 2.31. The molecule has 2 nitrogen and oxygen atoms in total. The first-order valence-electron chi connectivity index (χ1n) is 5.90. The van der Waals surface area contributed by atoms with Crippen LogP contribution in [0.15, 0.2) is 24.3 Å². The highest BCUT2D eigenvalue weighted by molar-refractivity contribution is 6.21. The number of aryl methyl sites for hydroxylation is 1. The maximum Gasteiger partial charge on any atom is 0.169 e. The van der Waals surface area contributed by atoms with E-state index in [9.17, 15) is 4.79 Å². The normalized spacial score (nSPS) is 19.6. The van der Waals surface area contributed by atoms with Crippen LogP contribution in [-0.2, 0) is 13.5 Å². The van der Waals surface area contributed by atoms with Crippen molar-refractivity contribution in [3.63, 3.8) is 0 Å². The summed E-state index contributed by atoms with van der Waals surface area (Å²) in [5.41, 5.74) is 3.21. The van der Waals surface area contributed by atoms with Gasteiger partial charge in [-0.1, -0.05) is 18.2 Å². The van der Waals surface area contributed by atoms with E-state index >= 15 is 0 Å². The lowest BCUT2D eigenvalue weighted by atomic mass is 9.86. The second-order valence-corrected chi connectivity index (χ2v) is 4.96. The topological polar surface area (TPSA) is 22.0 Å². The Labute approximate surface area is 105 Å². The number of hydrogen-bond donors (Lipinski definition) is 0. The van der Waals surface area contributed by atoms with E-state index in [-0.39, 0.29) is 11.7 Å². The van der Waals surface area contributed by atoms with Crippen molar-refractivity contribution in [1.29, 1.82) is 0 Å². The smallest absolute Gasteiger partial charge is 0.169 e. The van der Waals surface area contributed by atoms with Crippen molar-refractivity contribution >= 4 is 28.3 Å². The first-order chi connectivity index (χ1) is 8.24. The van der Waals surface area contributed by atoms with Gasteiger partial charge in [0, 0.05) is 41.0 Å². The van der Waals surface area contributed by atoms with Crippen molar-refractivity contribution < 1.29 is 4.79 Å². The fourth-order valence-electron chi connectivity index (χ4n) is 2.81. The van der Waals surface area contributed by atoms with E-state index in [4.69, 9.17) is 11.6 Å². The summed E-state index contributed by atoms with van der Waals surface area (Å²) in [6.07, 6.45) is 1.82. The lowest BCUT2D eigenvalue weighted by Gasteiger charge is -2.20. The van der Waals surface area contributed by atoms with E-state index in [1.807, 2.05) is 25.2 Å². The maximum atomic E-state index is 12.4. The molecule has 1 aliphatic rings. The molecule has 0 aliphatic heterocycles. The summed E-state index contributed by atoms with van der Waals surface area (Å²) in [4.78, 5) is 12.4. The van der Waals surface area contributed by atoms with Gasteiger partial charge in [0.05, 0.1) is 0 Å². The Morgan fingerprint density at radius 3 is 2.94 bits per heavy atom. The molecule has 1 atom stereocenters. The molecular weight excluding hydrogens is 234 g/mol. The molecule has 1 aromatic heterocycles. The molecule has 0 N–H and O–H groups in total. The Bertz CT molecular complexity index is 600. The van der Waals surface area contributed by atoms with Gasteiger partial charge in [-0.3, -0.25) is 4.79 Å². The average Bonchev–Trinajstić information content (AvgIpc) is 2.65. The zero-order chi connectivity index (χ0) is 12.0. The molecule has 0 spiro atoms. The van der Waals surface area contributed by atoms with E-state index in [1.54, 1.807) is 0 Å². The van der Waals surface area contributed by atoms with E-state index in [0.29, 0.717) is 5.88 Å². The SMILES string of the molecule is Cn1c2c(c3ccccc31)C(=O)C(CCl)CC2. The van der Waals surface area contributed by atoms with Gasteiger partial charge in [-0.05, 0) is 18.9 Å². The van der Waals surface area contributed by atoms with Gasteiger partial charge in [-0.2, -0.15) is 0 Å². The van der Waals surface area contributed by atoms with Crippen LogP contribution < -0.4 is 0 Å². The number of halogens is 1. The van der Waals surface area contributed by atoms with E-state index in [2.05, 4.69) is 10.6 Å². The predicted octanol–water partition coefficient (Wildman–Crippen LogP) is 3.16. The number of aromatic nitrogens is 1. The zero-order valence-corrected chi connectivity index (χ0v) is 10.5. The van der Waals surface area contributed by atoms with Crippen LogP contribution in [0.3, 0.4) is 0 Å². The average molecular weight is 248 g/mol. The van der Waals surface area contributed by atoms with Crippen LogP contribution in [-0.4, -0.2) is 16.2 Å². The number of carbonyl (C=O) groups excluding carboxylic acids is 1. The molecule has 17 heavy (non-hydrogen) atoms. The van der Waals surface area contributed by atoms with Gasteiger partial charge in [0.2, 0.25) is 0 Å². The van der Waals surface area contributed by atoms with Gasteiger partial charge in [-0.15, -0.1) is 11.6 Å². The van der Waals surface area contributed by atoms with Gasteiger partial charge in [0.25, 0.3) is 0 Å². The summed E-state index contributed by atoms with van der Waals surface area (Å²) in [6, 6.07) is 8.09. The molecule has 0 saturated carbocycles. The first-order valence-corrected chi connectivity index (χ1v) is 6.44. The molecule has 3 rings (SSSR count). The Morgan fingerprint density at radius 2 is 2.18 bits per heavy atom. The molecule has 3 heteroatoms. The molecule has 1 aliphatic carbocycles. The fourth-order valence-corrected chi connectivity index (χ4v) is 3.10. The predicted molar refractivity (Wildman–Crippen MR) is 69.8 cm³/mol. The number of ketones is 1. The van der Waals surface area contributed by atoms with Crippen molar-refractivity contribution in [2.45, 2.75) is 12.8 Å². The van der Waals surface area contributed by atoms with Gasteiger partial charge in [0.1, 0.15) is 0 Å². The summed E-state index contributed by atoms with van der Waals surface area (Å²) in [7, 11) is 2.04. The highest BCUT2D eigenvalue weighted by Gasteiger charge is 2.31. The summed E-state index contributed by atoms with van der Waals surface area (Å²) < 4.78 is 2.15. The Morgan fingerprint density at radius 1 is 1.41 bits per heavy atom. The second kappa shape index (κ2) is 3.88. The summed E-state index contributed by atoms with van der Waals surface area (Å²) in [5, 5.41) is 1.07. The number of hydrogen-bond acceptors (Lipinski definition) is 1. The van der Waals surface area contributed by atoms with Crippen LogP contribution >= 0.6 is 11.6 Å². The van der Waals surface area contributed by atoms with E-state index < -0.39 is 0 Å². The second-order valence-electron chi connectivity index (χ2n) is 4.65. The minimum atomic E-state index is -0.00465. The van der Waals surface area contributed by atoms with Crippen molar-refractivity contribution in [2.24, 2.45) is 13.0 Å². The fraction of sp³-hybridized carbons (Fsp3) is 0.357. The van der Waals surface area contributed by atoms with Crippen LogP contribution in [0.25, 0.3) is 10.9 Å². The molecule has 1 unspecified atom stereocenters. The minimum absolute atomic E-state index is 0.00465. The monoisotopic (exact) mass is 247 g/mol. The highest BCUT2D eigenvalue weighted by atomic mass is 35.5. The van der Waals surface area contributed by atoms with Crippen LogP contribution in [0.1, 0.15) is 22.5 Å². The number of para-hydroxylation sites is 1. The largest absolute Gasteiger partial charge is 0.347 e. The summed E-state index contributed by atoms with van der Waals surface area (Å²) >= 11 is 5.87. The molecule has 0 fully saturated rings. The number of Topliss-reactive ketones (excluding diaryl/α,β-unsaturated/α-hetero) is 1. The van der Waals surface area contributed by atoms with E-state index in [1.165, 1.54) is 0 Å². The number of benzene rings is 1. The number of nitrogens with zero attached hydrogens (tertiary/aromatic N) is 1. The molecular formula is C14H14ClNO. The molecule has 0 radical (unpaired) electrons. The van der Waals surface area contributed by atoms with Crippen molar-refractivity contribution in [2.75, 3.05) is 5.88 Å². The number of carbonyl (C=O) groups is 1. The summed E-state index contributed by atoms with van der Waals surface area (Å²) in [6.45, 7) is 0. The molecule has 1 heterocycles.